The Balaban J connectivity index is 1.74. The van der Waals surface area contributed by atoms with Crippen LogP contribution in [0, 0.1) is 0 Å². The van der Waals surface area contributed by atoms with E-state index in [1.165, 1.54) is 0 Å². The van der Waals surface area contributed by atoms with Crippen molar-refractivity contribution in [2.24, 2.45) is 0 Å². The highest BCUT2D eigenvalue weighted by Crippen LogP contribution is 2.39. The van der Waals surface area contributed by atoms with Crippen LogP contribution in [-0.4, -0.2) is 41.7 Å². The van der Waals surface area contributed by atoms with Crippen LogP contribution in [-0.2, 0) is 16.0 Å². The predicted molar refractivity (Wildman–Crippen MR) is 134 cm³/mol. The second-order valence-electron chi connectivity index (χ2n) is 7.06. The van der Waals surface area contributed by atoms with E-state index in [9.17, 15) is 14.4 Å². The van der Waals surface area contributed by atoms with Crippen LogP contribution >= 0.6 is 27.7 Å². The summed E-state index contributed by atoms with van der Waals surface area (Å²) in [6.45, 7) is 6.36. The van der Waals surface area contributed by atoms with Gasteiger partial charge in [-0.25, -0.2) is 0 Å². The number of ether oxygens (including phenoxy) is 2. The first-order valence-corrected chi connectivity index (χ1v) is 12.2. The molecule has 1 fully saturated rings. The molecule has 0 atom stereocenters. The van der Waals surface area contributed by atoms with Gasteiger partial charge in [0.2, 0.25) is 5.91 Å². The molecule has 0 aliphatic carbocycles. The lowest BCUT2D eigenvalue weighted by atomic mass is 10.1. The van der Waals surface area contributed by atoms with E-state index < -0.39 is 17.1 Å². The Morgan fingerprint density at radius 3 is 2.42 bits per heavy atom. The van der Waals surface area contributed by atoms with E-state index in [1.54, 1.807) is 30.3 Å². The molecule has 2 aromatic rings. The number of anilines is 1. The zero-order valence-corrected chi connectivity index (χ0v) is 21.0. The van der Waals surface area contributed by atoms with Crippen molar-refractivity contribution in [2.45, 2.75) is 27.2 Å². The summed E-state index contributed by atoms with van der Waals surface area (Å²) in [4.78, 5) is 38.8. The monoisotopic (exact) mass is 532 g/mol. The third kappa shape index (κ3) is 6.17. The zero-order valence-electron chi connectivity index (χ0n) is 18.6. The first-order chi connectivity index (χ1) is 15.9. The van der Waals surface area contributed by atoms with Crippen molar-refractivity contribution in [1.82, 2.24) is 4.90 Å². The van der Waals surface area contributed by atoms with E-state index in [2.05, 4.69) is 21.2 Å². The van der Waals surface area contributed by atoms with Gasteiger partial charge in [-0.15, -0.1) is 0 Å². The van der Waals surface area contributed by atoms with Gasteiger partial charge in [-0.2, -0.15) is 0 Å². The van der Waals surface area contributed by atoms with Crippen molar-refractivity contribution in [3.05, 3.63) is 56.9 Å². The zero-order chi connectivity index (χ0) is 24.0. The number of nitrogens with zero attached hydrogens (tertiary/aromatic N) is 1. The first kappa shape index (κ1) is 24.9. The van der Waals surface area contributed by atoms with Gasteiger partial charge in [0.15, 0.2) is 11.5 Å². The molecule has 0 spiro atoms. The normalized spacial score (nSPS) is 14.7. The minimum absolute atomic E-state index is 0.235. The fraction of sp³-hybridized carbons (Fsp3) is 0.292. The van der Waals surface area contributed by atoms with Crippen molar-refractivity contribution >= 4 is 56.5 Å². The highest BCUT2D eigenvalue weighted by atomic mass is 79.9. The summed E-state index contributed by atoms with van der Waals surface area (Å²) < 4.78 is 12.0. The Bertz CT molecular complexity index is 1090. The summed E-state index contributed by atoms with van der Waals surface area (Å²) in [5.74, 6) is 0.163. The molecule has 174 valence electrons. The van der Waals surface area contributed by atoms with Crippen LogP contribution in [0.2, 0.25) is 0 Å². The number of hydrogen-bond donors (Lipinski definition) is 1. The van der Waals surface area contributed by atoms with Crippen molar-refractivity contribution in [3.8, 4) is 11.5 Å². The minimum atomic E-state index is -0.510. The number of nitrogens with one attached hydrogen (secondary N) is 1. The van der Waals surface area contributed by atoms with Gasteiger partial charge in [-0.05, 0) is 89.4 Å². The second-order valence-corrected chi connectivity index (χ2v) is 8.91. The topological polar surface area (TPSA) is 84.9 Å². The van der Waals surface area contributed by atoms with Gasteiger partial charge in [0.05, 0.1) is 22.6 Å². The molecule has 9 heteroatoms. The van der Waals surface area contributed by atoms with Gasteiger partial charge in [-0.3, -0.25) is 19.3 Å². The van der Waals surface area contributed by atoms with Gasteiger partial charge in [0, 0.05) is 5.69 Å². The van der Waals surface area contributed by atoms with E-state index in [-0.39, 0.29) is 11.4 Å². The van der Waals surface area contributed by atoms with Crippen molar-refractivity contribution < 1.29 is 23.9 Å². The molecule has 3 rings (SSSR count). The molecule has 0 aromatic heterocycles. The Morgan fingerprint density at radius 1 is 1.09 bits per heavy atom. The predicted octanol–water partition coefficient (Wildman–Crippen LogP) is 5.48. The molecule has 2 aromatic carbocycles. The SMILES string of the molecule is CCOc1cc(/C=C2/SC(=O)N(CC(=O)Nc3ccc(CC)cc3)C2=O)cc(Br)c1OCC. The number of amides is 3. The lowest BCUT2D eigenvalue weighted by Gasteiger charge is -2.14. The highest BCUT2D eigenvalue weighted by Gasteiger charge is 2.36. The molecule has 0 saturated carbocycles. The molecule has 0 bridgehead atoms. The fourth-order valence-electron chi connectivity index (χ4n) is 3.17. The van der Waals surface area contributed by atoms with E-state index >= 15 is 0 Å². The molecule has 1 saturated heterocycles. The molecular weight excluding hydrogens is 508 g/mol. The summed E-state index contributed by atoms with van der Waals surface area (Å²) in [7, 11) is 0. The van der Waals surface area contributed by atoms with E-state index in [0.717, 1.165) is 28.6 Å². The smallest absolute Gasteiger partial charge is 0.294 e. The van der Waals surface area contributed by atoms with E-state index in [0.29, 0.717) is 40.4 Å². The molecule has 1 aliphatic rings. The van der Waals surface area contributed by atoms with Gasteiger partial charge < -0.3 is 14.8 Å². The number of halogens is 1. The van der Waals surface area contributed by atoms with Crippen LogP contribution in [0.25, 0.3) is 6.08 Å². The third-order valence-electron chi connectivity index (χ3n) is 4.74. The van der Waals surface area contributed by atoms with Crippen molar-refractivity contribution in [1.29, 1.82) is 0 Å². The summed E-state index contributed by atoms with van der Waals surface area (Å²) in [6, 6.07) is 11.0. The maximum Gasteiger partial charge on any atom is 0.294 e. The molecule has 33 heavy (non-hydrogen) atoms. The van der Waals surface area contributed by atoms with Crippen LogP contribution in [0.4, 0.5) is 10.5 Å². The molecule has 1 aliphatic heterocycles. The maximum atomic E-state index is 12.8. The largest absolute Gasteiger partial charge is 0.490 e. The summed E-state index contributed by atoms with van der Waals surface area (Å²) in [5.41, 5.74) is 2.43. The molecule has 1 heterocycles. The Morgan fingerprint density at radius 2 is 1.79 bits per heavy atom. The number of imide groups is 1. The first-order valence-electron chi connectivity index (χ1n) is 10.6. The summed E-state index contributed by atoms with van der Waals surface area (Å²) in [5, 5.41) is 2.23. The van der Waals surface area contributed by atoms with Gasteiger partial charge in [0.1, 0.15) is 6.54 Å². The molecule has 1 N–H and O–H groups in total. The van der Waals surface area contributed by atoms with Gasteiger partial charge in [0.25, 0.3) is 11.1 Å². The van der Waals surface area contributed by atoms with Crippen LogP contribution in [0.3, 0.4) is 0 Å². The number of thioether (sulfide) groups is 1. The van der Waals surface area contributed by atoms with Crippen molar-refractivity contribution in [3.63, 3.8) is 0 Å². The van der Waals surface area contributed by atoms with Gasteiger partial charge >= 0.3 is 0 Å². The number of aryl methyl sites for hydroxylation is 1. The molecule has 0 radical (unpaired) electrons. The van der Waals surface area contributed by atoms with Crippen LogP contribution < -0.4 is 14.8 Å². The Labute approximate surface area is 205 Å². The quantitative estimate of drug-likeness (QED) is 0.430. The molecule has 7 nitrogen and oxygen atoms in total. The standard InChI is InChI=1S/C24H25BrN2O5S/c1-4-15-7-9-17(10-8-15)26-21(28)14-27-23(29)20(33-24(27)30)13-16-11-18(25)22(32-6-3)19(12-16)31-5-2/h7-13H,4-6,14H2,1-3H3,(H,26,28)/b20-13+. The fourth-order valence-corrected chi connectivity index (χ4v) is 4.59. The Hall–Kier alpha value is -2.78. The third-order valence-corrected chi connectivity index (χ3v) is 6.24. The number of rotatable bonds is 9. The molecular formula is C24H25BrN2O5S. The van der Waals surface area contributed by atoms with E-state index in [4.69, 9.17) is 9.47 Å². The van der Waals surface area contributed by atoms with Gasteiger partial charge in [-0.1, -0.05) is 19.1 Å². The van der Waals surface area contributed by atoms with Crippen LogP contribution in [0.5, 0.6) is 11.5 Å². The molecule has 0 unspecified atom stereocenters. The van der Waals surface area contributed by atoms with E-state index in [1.807, 2.05) is 32.9 Å². The average molecular weight is 533 g/mol. The number of carbonyl (C=O) groups excluding carboxylic acids is 3. The lowest BCUT2D eigenvalue weighted by Crippen LogP contribution is -2.36. The number of benzene rings is 2. The number of hydrogen-bond acceptors (Lipinski definition) is 6. The average Bonchev–Trinajstić information content (AvgIpc) is 3.04. The van der Waals surface area contributed by atoms with Crippen molar-refractivity contribution in [2.75, 3.05) is 25.1 Å². The highest BCUT2D eigenvalue weighted by molar-refractivity contribution is 9.10. The maximum absolute atomic E-state index is 12.8. The summed E-state index contributed by atoms with van der Waals surface area (Å²) in [6.07, 6.45) is 2.50. The lowest BCUT2D eigenvalue weighted by molar-refractivity contribution is -0.127. The molecule has 3 amide bonds. The minimum Gasteiger partial charge on any atom is -0.490 e. The number of carbonyl (C=O) groups is 3. The Kier molecular flexibility index (Phi) is 8.57. The second kappa shape index (κ2) is 11.4. The van der Waals surface area contributed by atoms with Crippen LogP contribution in [0.15, 0.2) is 45.8 Å². The van der Waals surface area contributed by atoms with Crippen LogP contribution in [0.1, 0.15) is 31.9 Å². The summed E-state index contributed by atoms with van der Waals surface area (Å²) >= 11 is 4.27.